The van der Waals surface area contributed by atoms with E-state index in [1.54, 1.807) is 0 Å². The Morgan fingerprint density at radius 1 is 1.33 bits per heavy atom. The van der Waals surface area contributed by atoms with Crippen molar-refractivity contribution in [2.24, 2.45) is 0 Å². The SMILES string of the molecule is O[C@@H]1CCC[C@H]1NCc1ccccc1Br. The van der Waals surface area contributed by atoms with E-state index in [2.05, 4.69) is 27.3 Å². The Labute approximate surface area is 98.8 Å². The van der Waals surface area contributed by atoms with Gasteiger partial charge in [-0.25, -0.2) is 0 Å². The zero-order chi connectivity index (χ0) is 10.7. The molecule has 0 heterocycles. The molecule has 0 spiro atoms. The minimum absolute atomic E-state index is 0.160. The summed E-state index contributed by atoms with van der Waals surface area (Å²) in [4.78, 5) is 0. The molecule has 3 heteroatoms. The Morgan fingerprint density at radius 3 is 2.80 bits per heavy atom. The monoisotopic (exact) mass is 269 g/mol. The van der Waals surface area contributed by atoms with Gasteiger partial charge < -0.3 is 10.4 Å². The van der Waals surface area contributed by atoms with Crippen molar-refractivity contribution < 1.29 is 5.11 Å². The zero-order valence-corrected chi connectivity index (χ0v) is 10.2. The Morgan fingerprint density at radius 2 is 2.13 bits per heavy atom. The Hall–Kier alpha value is -0.380. The number of hydrogen-bond acceptors (Lipinski definition) is 2. The largest absolute Gasteiger partial charge is 0.392 e. The molecule has 2 nitrogen and oxygen atoms in total. The van der Waals surface area contributed by atoms with Crippen LogP contribution < -0.4 is 5.32 Å². The van der Waals surface area contributed by atoms with Crippen molar-refractivity contribution in [3.05, 3.63) is 34.3 Å². The van der Waals surface area contributed by atoms with Crippen LogP contribution in [0.25, 0.3) is 0 Å². The molecule has 1 aliphatic rings. The van der Waals surface area contributed by atoms with Crippen molar-refractivity contribution >= 4 is 15.9 Å². The smallest absolute Gasteiger partial charge is 0.0693 e. The van der Waals surface area contributed by atoms with Gasteiger partial charge in [0.2, 0.25) is 0 Å². The van der Waals surface area contributed by atoms with Gasteiger partial charge in [-0.15, -0.1) is 0 Å². The summed E-state index contributed by atoms with van der Waals surface area (Å²) in [6.45, 7) is 0.823. The van der Waals surface area contributed by atoms with Crippen LogP contribution in [-0.4, -0.2) is 17.3 Å². The number of nitrogens with one attached hydrogen (secondary N) is 1. The maximum absolute atomic E-state index is 9.66. The number of aliphatic hydroxyl groups excluding tert-OH is 1. The van der Waals surface area contributed by atoms with Gasteiger partial charge in [0.25, 0.3) is 0 Å². The Balaban J connectivity index is 1.90. The van der Waals surface area contributed by atoms with Gasteiger partial charge in [-0.2, -0.15) is 0 Å². The van der Waals surface area contributed by atoms with Gasteiger partial charge in [-0.1, -0.05) is 34.1 Å². The van der Waals surface area contributed by atoms with Gasteiger partial charge >= 0.3 is 0 Å². The molecule has 0 aromatic heterocycles. The van der Waals surface area contributed by atoms with Crippen molar-refractivity contribution in [3.8, 4) is 0 Å². The molecule has 0 aliphatic heterocycles. The van der Waals surface area contributed by atoms with Crippen molar-refractivity contribution in [1.82, 2.24) is 5.32 Å². The van der Waals surface area contributed by atoms with E-state index in [0.29, 0.717) is 0 Å². The van der Waals surface area contributed by atoms with Crippen LogP contribution in [-0.2, 0) is 6.54 Å². The van der Waals surface area contributed by atoms with Gasteiger partial charge in [0, 0.05) is 17.1 Å². The topological polar surface area (TPSA) is 32.3 Å². The maximum Gasteiger partial charge on any atom is 0.0693 e. The summed E-state index contributed by atoms with van der Waals surface area (Å²) >= 11 is 3.52. The van der Waals surface area contributed by atoms with Crippen LogP contribution in [0.4, 0.5) is 0 Å². The van der Waals surface area contributed by atoms with Crippen LogP contribution in [0.1, 0.15) is 24.8 Å². The molecule has 2 rings (SSSR count). The van der Waals surface area contributed by atoms with Gasteiger partial charge in [-0.05, 0) is 30.9 Å². The number of rotatable bonds is 3. The second kappa shape index (κ2) is 5.10. The number of hydrogen-bond donors (Lipinski definition) is 2. The van der Waals surface area contributed by atoms with E-state index in [1.165, 1.54) is 5.56 Å². The van der Waals surface area contributed by atoms with E-state index in [0.717, 1.165) is 30.3 Å². The molecule has 0 unspecified atom stereocenters. The van der Waals surface area contributed by atoms with Crippen LogP contribution in [0.5, 0.6) is 0 Å². The third-order valence-corrected chi connectivity index (χ3v) is 3.77. The summed E-state index contributed by atoms with van der Waals surface area (Å²) in [5.74, 6) is 0. The highest BCUT2D eigenvalue weighted by Gasteiger charge is 2.24. The van der Waals surface area contributed by atoms with Crippen molar-refractivity contribution in [2.45, 2.75) is 38.0 Å². The molecule has 1 fully saturated rings. The molecule has 1 saturated carbocycles. The lowest BCUT2D eigenvalue weighted by atomic mass is 10.2. The minimum atomic E-state index is -0.160. The molecular formula is C12H16BrNO. The molecule has 0 radical (unpaired) electrons. The first-order valence-corrected chi connectivity index (χ1v) is 6.21. The maximum atomic E-state index is 9.66. The second-order valence-electron chi connectivity index (χ2n) is 4.08. The van der Waals surface area contributed by atoms with E-state index in [-0.39, 0.29) is 12.1 Å². The molecule has 2 atom stereocenters. The number of halogens is 1. The van der Waals surface area contributed by atoms with Gasteiger partial charge in [0.15, 0.2) is 0 Å². The van der Waals surface area contributed by atoms with Crippen LogP contribution in [0.2, 0.25) is 0 Å². The first-order valence-electron chi connectivity index (χ1n) is 5.42. The summed E-state index contributed by atoms with van der Waals surface area (Å²) in [6.07, 6.45) is 3.00. The van der Waals surface area contributed by atoms with Crippen molar-refractivity contribution in [1.29, 1.82) is 0 Å². The van der Waals surface area contributed by atoms with Crippen LogP contribution in [0.3, 0.4) is 0 Å². The van der Waals surface area contributed by atoms with Crippen molar-refractivity contribution in [3.63, 3.8) is 0 Å². The molecule has 1 aromatic rings. The highest BCUT2D eigenvalue weighted by atomic mass is 79.9. The third-order valence-electron chi connectivity index (χ3n) is 2.99. The lowest BCUT2D eigenvalue weighted by Crippen LogP contribution is -2.35. The van der Waals surface area contributed by atoms with Gasteiger partial charge in [0.05, 0.1) is 6.10 Å². The van der Waals surface area contributed by atoms with Crippen LogP contribution >= 0.6 is 15.9 Å². The fourth-order valence-electron chi connectivity index (χ4n) is 2.06. The predicted molar refractivity (Wildman–Crippen MR) is 64.6 cm³/mol. The van der Waals surface area contributed by atoms with Gasteiger partial charge in [-0.3, -0.25) is 0 Å². The summed E-state index contributed by atoms with van der Waals surface area (Å²) in [6, 6.07) is 8.46. The fourth-order valence-corrected chi connectivity index (χ4v) is 2.49. The minimum Gasteiger partial charge on any atom is -0.392 e. The molecule has 15 heavy (non-hydrogen) atoms. The molecule has 82 valence electrons. The van der Waals surface area contributed by atoms with E-state index in [1.807, 2.05) is 18.2 Å². The quantitative estimate of drug-likeness (QED) is 0.884. The number of benzene rings is 1. The lowest BCUT2D eigenvalue weighted by molar-refractivity contribution is 0.148. The van der Waals surface area contributed by atoms with E-state index in [4.69, 9.17) is 0 Å². The lowest BCUT2D eigenvalue weighted by Gasteiger charge is -2.16. The first-order chi connectivity index (χ1) is 7.27. The van der Waals surface area contributed by atoms with Crippen LogP contribution in [0, 0.1) is 0 Å². The molecule has 2 N–H and O–H groups in total. The summed E-state index contributed by atoms with van der Waals surface area (Å²) in [5, 5.41) is 13.1. The molecule has 1 aromatic carbocycles. The molecule has 0 saturated heterocycles. The molecule has 1 aliphatic carbocycles. The summed E-state index contributed by atoms with van der Waals surface area (Å²) < 4.78 is 1.13. The average Bonchev–Trinajstić information content (AvgIpc) is 2.63. The molecule has 0 amide bonds. The zero-order valence-electron chi connectivity index (χ0n) is 8.62. The second-order valence-corrected chi connectivity index (χ2v) is 4.93. The van der Waals surface area contributed by atoms with Gasteiger partial charge in [0.1, 0.15) is 0 Å². The van der Waals surface area contributed by atoms with Crippen molar-refractivity contribution in [2.75, 3.05) is 0 Å². The standard InChI is InChI=1S/C12H16BrNO/c13-10-5-2-1-4-9(10)8-14-11-6-3-7-12(11)15/h1-2,4-5,11-12,14-15H,3,6-8H2/t11-,12-/m1/s1. The third kappa shape index (κ3) is 2.80. The first kappa shape index (κ1) is 11.1. The number of aliphatic hydroxyl groups is 1. The predicted octanol–water partition coefficient (Wildman–Crippen LogP) is 2.45. The van der Waals surface area contributed by atoms with Crippen LogP contribution in [0.15, 0.2) is 28.7 Å². The average molecular weight is 270 g/mol. The normalized spacial score (nSPS) is 25.7. The highest BCUT2D eigenvalue weighted by molar-refractivity contribution is 9.10. The Bertz CT molecular complexity index is 329. The summed E-state index contributed by atoms with van der Waals surface area (Å²) in [5.41, 5.74) is 1.25. The summed E-state index contributed by atoms with van der Waals surface area (Å²) in [7, 11) is 0. The molecule has 0 bridgehead atoms. The highest BCUT2D eigenvalue weighted by Crippen LogP contribution is 2.20. The molecular weight excluding hydrogens is 254 g/mol. The van der Waals surface area contributed by atoms with E-state index >= 15 is 0 Å². The van der Waals surface area contributed by atoms with E-state index in [9.17, 15) is 5.11 Å². The Kier molecular flexibility index (Phi) is 3.78. The fraction of sp³-hybridized carbons (Fsp3) is 0.500. The van der Waals surface area contributed by atoms with E-state index < -0.39 is 0 Å².